The minimum Gasteiger partial charge on any atom is -0.496 e. The molecule has 6 nitrogen and oxygen atoms in total. The van der Waals surface area contributed by atoms with Gasteiger partial charge in [0.25, 0.3) is 0 Å². The van der Waals surface area contributed by atoms with Crippen LogP contribution in [0.2, 0.25) is 0 Å². The van der Waals surface area contributed by atoms with Gasteiger partial charge in [-0.3, -0.25) is 0 Å². The van der Waals surface area contributed by atoms with Crippen LogP contribution in [0.1, 0.15) is 13.3 Å². The second-order valence-corrected chi connectivity index (χ2v) is 6.58. The van der Waals surface area contributed by atoms with Gasteiger partial charge in [-0.1, -0.05) is 6.92 Å². The molecule has 0 aliphatic carbocycles. The highest BCUT2D eigenvalue weighted by Crippen LogP contribution is 2.35. The fourth-order valence-corrected chi connectivity index (χ4v) is 3.54. The molecule has 0 saturated carbocycles. The smallest absolute Gasteiger partial charge is 0.244 e. The summed E-state index contributed by atoms with van der Waals surface area (Å²) in [6, 6.07) is 2.35. The van der Waals surface area contributed by atoms with E-state index >= 15 is 0 Å². The average molecular weight is 368 g/mol. The number of rotatable bonds is 7. The normalized spacial score (nSPS) is 13.1. The molecule has 0 aliphatic rings. The predicted octanol–water partition coefficient (Wildman–Crippen LogP) is 1.52. The zero-order valence-electron chi connectivity index (χ0n) is 11.5. The van der Waals surface area contributed by atoms with Gasteiger partial charge in [0, 0.05) is 12.1 Å². The Hall–Kier alpha value is -0.830. The van der Waals surface area contributed by atoms with Crippen molar-refractivity contribution < 1.29 is 23.0 Å². The highest BCUT2D eigenvalue weighted by Gasteiger charge is 2.24. The summed E-state index contributed by atoms with van der Waals surface area (Å²) in [6.45, 7) is 1.51. The number of aliphatic hydroxyl groups excluding tert-OH is 1. The van der Waals surface area contributed by atoms with Crippen LogP contribution in [-0.2, 0) is 10.0 Å². The fourth-order valence-electron chi connectivity index (χ4n) is 1.58. The summed E-state index contributed by atoms with van der Waals surface area (Å²) in [5.41, 5.74) is 0. The average Bonchev–Trinajstić information content (AvgIpc) is 2.44. The molecular formula is C12H18BrNO5S. The summed E-state index contributed by atoms with van der Waals surface area (Å²) < 4.78 is 37.9. The molecule has 0 bridgehead atoms. The van der Waals surface area contributed by atoms with Gasteiger partial charge in [-0.15, -0.1) is 0 Å². The van der Waals surface area contributed by atoms with Crippen LogP contribution in [0.25, 0.3) is 0 Å². The molecular weight excluding hydrogens is 350 g/mol. The third-order valence-electron chi connectivity index (χ3n) is 2.76. The number of nitrogens with one attached hydrogen (secondary N) is 1. The van der Waals surface area contributed by atoms with Gasteiger partial charge in [0.1, 0.15) is 16.4 Å². The lowest BCUT2D eigenvalue weighted by atomic mass is 10.3. The molecule has 0 unspecified atom stereocenters. The summed E-state index contributed by atoms with van der Waals surface area (Å²) in [4.78, 5) is -0.0352. The van der Waals surface area contributed by atoms with E-state index in [4.69, 9.17) is 14.6 Å². The molecule has 0 amide bonds. The summed E-state index contributed by atoms with van der Waals surface area (Å²) in [5, 5.41) is 9.12. The monoisotopic (exact) mass is 367 g/mol. The number of benzene rings is 1. The standard InChI is InChI=1S/C12H18BrNO5S/c1-4-8(7-15)14-20(16,17)12-6-10(18-2)9(13)5-11(12)19-3/h5-6,8,14-15H,4,7H2,1-3H3/t8-/m0/s1. The van der Waals surface area contributed by atoms with Crippen molar-refractivity contribution in [2.24, 2.45) is 0 Å². The highest BCUT2D eigenvalue weighted by molar-refractivity contribution is 9.10. The molecule has 8 heteroatoms. The predicted molar refractivity (Wildman–Crippen MR) is 78.7 cm³/mol. The maximum atomic E-state index is 12.3. The van der Waals surface area contributed by atoms with E-state index in [1.165, 1.54) is 26.4 Å². The third-order valence-corrected chi connectivity index (χ3v) is 4.92. The van der Waals surface area contributed by atoms with Crippen LogP contribution in [0, 0.1) is 0 Å². The summed E-state index contributed by atoms with van der Waals surface area (Å²) >= 11 is 3.27. The van der Waals surface area contributed by atoms with Crippen molar-refractivity contribution in [1.82, 2.24) is 4.72 Å². The lowest BCUT2D eigenvalue weighted by Gasteiger charge is -2.17. The Labute approximate surface area is 127 Å². The number of hydrogen-bond acceptors (Lipinski definition) is 5. The van der Waals surface area contributed by atoms with Gasteiger partial charge in [0.2, 0.25) is 10.0 Å². The maximum absolute atomic E-state index is 12.3. The van der Waals surface area contributed by atoms with Gasteiger partial charge >= 0.3 is 0 Å². The number of sulfonamides is 1. The molecule has 0 aromatic heterocycles. The molecule has 0 aliphatic heterocycles. The van der Waals surface area contributed by atoms with Crippen molar-refractivity contribution in [2.45, 2.75) is 24.3 Å². The second kappa shape index (κ2) is 7.26. The lowest BCUT2D eigenvalue weighted by molar-refractivity contribution is 0.253. The van der Waals surface area contributed by atoms with E-state index in [2.05, 4.69) is 20.7 Å². The van der Waals surface area contributed by atoms with Gasteiger partial charge in [-0.05, 0) is 28.4 Å². The first-order valence-electron chi connectivity index (χ1n) is 5.94. The zero-order chi connectivity index (χ0) is 15.3. The Balaban J connectivity index is 3.29. The second-order valence-electron chi connectivity index (χ2n) is 4.05. The van der Waals surface area contributed by atoms with E-state index < -0.39 is 16.1 Å². The fraction of sp³-hybridized carbons (Fsp3) is 0.500. The molecule has 20 heavy (non-hydrogen) atoms. The van der Waals surface area contributed by atoms with Crippen molar-refractivity contribution in [3.05, 3.63) is 16.6 Å². The molecule has 0 spiro atoms. The summed E-state index contributed by atoms with van der Waals surface area (Å²) in [5.74, 6) is 0.571. The Bertz CT molecular complexity index is 557. The van der Waals surface area contributed by atoms with Crippen molar-refractivity contribution >= 4 is 26.0 Å². The first kappa shape index (κ1) is 17.2. The molecule has 1 aromatic carbocycles. The SMILES string of the molecule is CC[C@@H](CO)NS(=O)(=O)c1cc(OC)c(Br)cc1OC. The van der Waals surface area contributed by atoms with E-state index in [1.807, 2.05) is 0 Å². The van der Waals surface area contributed by atoms with Crippen molar-refractivity contribution in [1.29, 1.82) is 0 Å². The van der Waals surface area contributed by atoms with Crippen LogP contribution in [0.15, 0.2) is 21.5 Å². The van der Waals surface area contributed by atoms with Crippen molar-refractivity contribution in [3.8, 4) is 11.5 Å². The van der Waals surface area contributed by atoms with Crippen LogP contribution < -0.4 is 14.2 Å². The molecule has 1 atom stereocenters. The first-order valence-corrected chi connectivity index (χ1v) is 8.21. The van der Waals surface area contributed by atoms with E-state index in [0.29, 0.717) is 16.6 Å². The molecule has 0 heterocycles. The number of halogens is 1. The van der Waals surface area contributed by atoms with E-state index in [9.17, 15) is 8.42 Å². The molecule has 114 valence electrons. The lowest BCUT2D eigenvalue weighted by Crippen LogP contribution is -2.37. The van der Waals surface area contributed by atoms with Crippen LogP contribution in [0.5, 0.6) is 11.5 Å². The minimum atomic E-state index is -3.81. The van der Waals surface area contributed by atoms with Crippen LogP contribution in [0.4, 0.5) is 0 Å². The van der Waals surface area contributed by atoms with E-state index in [0.717, 1.165) is 0 Å². The number of hydrogen-bond donors (Lipinski definition) is 2. The molecule has 1 rings (SSSR count). The highest BCUT2D eigenvalue weighted by atomic mass is 79.9. The molecule has 2 N–H and O–H groups in total. The van der Waals surface area contributed by atoms with Crippen LogP contribution >= 0.6 is 15.9 Å². The molecule has 0 radical (unpaired) electrons. The summed E-state index contributed by atoms with van der Waals surface area (Å²) in [6.07, 6.45) is 0.478. The van der Waals surface area contributed by atoms with Crippen LogP contribution in [0.3, 0.4) is 0 Å². The first-order chi connectivity index (χ1) is 9.39. The van der Waals surface area contributed by atoms with Crippen molar-refractivity contribution in [3.63, 3.8) is 0 Å². The third kappa shape index (κ3) is 3.85. The zero-order valence-corrected chi connectivity index (χ0v) is 13.9. The van der Waals surface area contributed by atoms with Crippen LogP contribution in [-0.4, -0.2) is 40.4 Å². The molecule has 0 saturated heterocycles. The minimum absolute atomic E-state index is 0.0352. The topological polar surface area (TPSA) is 84.9 Å². The largest absolute Gasteiger partial charge is 0.496 e. The van der Waals surface area contributed by atoms with Gasteiger partial charge in [-0.25, -0.2) is 13.1 Å². The number of methoxy groups -OCH3 is 2. The Morgan fingerprint density at radius 2 is 1.90 bits per heavy atom. The van der Waals surface area contributed by atoms with E-state index in [1.54, 1.807) is 6.92 Å². The van der Waals surface area contributed by atoms with Crippen molar-refractivity contribution in [2.75, 3.05) is 20.8 Å². The molecule has 1 aromatic rings. The van der Waals surface area contributed by atoms with Gasteiger partial charge in [0.15, 0.2) is 0 Å². The van der Waals surface area contributed by atoms with Gasteiger partial charge in [0.05, 0.1) is 25.3 Å². The number of ether oxygens (including phenoxy) is 2. The Kier molecular flexibility index (Phi) is 6.25. The van der Waals surface area contributed by atoms with E-state index in [-0.39, 0.29) is 17.3 Å². The Morgan fingerprint density at radius 3 is 2.35 bits per heavy atom. The van der Waals surface area contributed by atoms with Gasteiger partial charge < -0.3 is 14.6 Å². The van der Waals surface area contributed by atoms with Gasteiger partial charge in [-0.2, -0.15) is 0 Å². The Morgan fingerprint density at radius 1 is 1.30 bits per heavy atom. The number of aliphatic hydroxyl groups is 1. The molecule has 0 fully saturated rings. The summed E-state index contributed by atoms with van der Waals surface area (Å²) in [7, 11) is -0.983. The maximum Gasteiger partial charge on any atom is 0.244 e. The quantitative estimate of drug-likeness (QED) is 0.762.